The minimum absolute atomic E-state index is 0.637. The molecule has 1 saturated heterocycles. The summed E-state index contributed by atoms with van der Waals surface area (Å²) in [5.41, 5.74) is 0. The highest BCUT2D eigenvalue weighted by molar-refractivity contribution is 4.72. The molecule has 1 rings (SSSR count). The van der Waals surface area contributed by atoms with Crippen LogP contribution < -0.4 is 0 Å². The summed E-state index contributed by atoms with van der Waals surface area (Å²) in [4.78, 5) is 2.58. The van der Waals surface area contributed by atoms with E-state index in [1.807, 2.05) is 0 Å². The van der Waals surface area contributed by atoms with E-state index in [-0.39, 0.29) is 0 Å². The highest BCUT2D eigenvalue weighted by Crippen LogP contribution is 2.10. The summed E-state index contributed by atoms with van der Waals surface area (Å²) in [5, 5.41) is 5.10. The van der Waals surface area contributed by atoms with Crippen molar-refractivity contribution in [2.45, 2.75) is 46.6 Å². The van der Waals surface area contributed by atoms with Crippen molar-refractivity contribution in [2.24, 2.45) is 0 Å². The largest absolute Gasteiger partial charge is 0.301 e. The van der Waals surface area contributed by atoms with Crippen molar-refractivity contribution >= 4 is 0 Å². The molecule has 0 unspecified atom stereocenters. The van der Waals surface area contributed by atoms with Crippen LogP contribution in [0.5, 0.6) is 0 Å². The summed E-state index contributed by atoms with van der Waals surface area (Å²) in [7, 11) is 0. The van der Waals surface area contributed by atoms with Crippen molar-refractivity contribution in [2.75, 3.05) is 39.3 Å². The lowest BCUT2D eigenvalue weighted by Gasteiger charge is -2.43. The minimum atomic E-state index is 0.637. The molecule has 0 saturated carbocycles. The molecule has 0 aromatic heterocycles. The van der Waals surface area contributed by atoms with Crippen molar-refractivity contribution in [3.8, 4) is 0 Å². The average Bonchev–Trinajstić information content (AvgIpc) is 2.27. The van der Waals surface area contributed by atoms with Gasteiger partial charge in [0.25, 0.3) is 0 Å². The Hall–Kier alpha value is -0.120. The molecule has 0 atom stereocenters. The van der Waals surface area contributed by atoms with E-state index in [9.17, 15) is 0 Å². The molecule has 1 fully saturated rings. The van der Waals surface area contributed by atoms with Gasteiger partial charge in [0.05, 0.1) is 0 Å². The second-order valence-electron chi connectivity index (χ2n) is 5.05. The van der Waals surface area contributed by atoms with Crippen LogP contribution in [0.1, 0.15) is 40.5 Å². The molecule has 0 bridgehead atoms. The van der Waals surface area contributed by atoms with Gasteiger partial charge in [-0.3, -0.25) is 0 Å². The molecule has 0 spiro atoms. The molecular weight excluding hydrogens is 198 g/mol. The van der Waals surface area contributed by atoms with Crippen LogP contribution in [0, 0.1) is 0 Å². The average molecular weight is 227 g/mol. The van der Waals surface area contributed by atoms with E-state index in [4.69, 9.17) is 0 Å². The third kappa shape index (κ3) is 4.04. The zero-order valence-corrected chi connectivity index (χ0v) is 11.6. The van der Waals surface area contributed by atoms with Gasteiger partial charge in [-0.1, -0.05) is 13.8 Å². The lowest BCUT2D eigenvalue weighted by atomic mass is 10.3. The third-order valence-corrected chi connectivity index (χ3v) is 3.30. The van der Waals surface area contributed by atoms with Crippen LogP contribution in [-0.4, -0.2) is 60.2 Å². The van der Waals surface area contributed by atoms with Crippen molar-refractivity contribution < 1.29 is 0 Å². The van der Waals surface area contributed by atoms with E-state index in [0.29, 0.717) is 6.04 Å². The number of rotatable bonds is 6. The number of hydrogen-bond acceptors (Lipinski definition) is 3. The first-order valence-corrected chi connectivity index (χ1v) is 6.92. The highest BCUT2D eigenvalue weighted by atomic mass is 15.6. The number of hydrogen-bond donors (Lipinski definition) is 0. The van der Waals surface area contributed by atoms with Crippen LogP contribution in [0.4, 0.5) is 0 Å². The van der Waals surface area contributed by atoms with Crippen LogP contribution in [-0.2, 0) is 0 Å². The standard InChI is InChI=1S/C13H29N3/c1-5-7-14-9-11-15(12-10-14)16(8-6-2)13(3)4/h13H,5-12H2,1-4H3. The fraction of sp³-hybridized carbons (Fsp3) is 1.00. The molecule has 3 heteroatoms. The summed E-state index contributed by atoms with van der Waals surface area (Å²) in [6.07, 6.45) is 2.52. The maximum absolute atomic E-state index is 2.58. The lowest BCUT2D eigenvalue weighted by molar-refractivity contribution is -0.0779. The Morgan fingerprint density at radius 2 is 1.62 bits per heavy atom. The van der Waals surface area contributed by atoms with Gasteiger partial charge in [-0.25, -0.2) is 10.0 Å². The summed E-state index contributed by atoms with van der Waals surface area (Å²) < 4.78 is 0. The number of nitrogens with zero attached hydrogens (tertiary/aromatic N) is 3. The maximum atomic E-state index is 2.58. The van der Waals surface area contributed by atoms with Crippen molar-refractivity contribution in [1.82, 2.24) is 14.9 Å². The molecule has 0 aromatic carbocycles. The second-order valence-corrected chi connectivity index (χ2v) is 5.05. The Labute approximate surface area is 101 Å². The molecule has 3 nitrogen and oxygen atoms in total. The van der Waals surface area contributed by atoms with Crippen LogP contribution in [0.2, 0.25) is 0 Å². The van der Waals surface area contributed by atoms with Crippen LogP contribution in [0.15, 0.2) is 0 Å². The number of piperazine rings is 1. The van der Waals surface area contributed by atoms with Crippen molar-refractivity contribution in [1.29, 1.82) is 0 Å². The quantitative estimate of drug-likeness (QED) is 0.687. The van der Waals surface area contributed by atoms with Crippen LogP contribution in [0.3, 0.4) is 0 Å². The summed E-state index contributed by atoms with van der Waals surface area (Å²) in [6.45, 7) is 16.5. The first kappa shape index (κ1) is 13.9. The van der Waals surface area contributed by atoms with Gasteiger partial charge in [-0.15, -0.1) is 0 Å². The Balaban J connectivity index is 2.38. The van der Waals surface area contributed by atoms with Gasteiger partial charge in [0.1, 0.15) is 0 Å². The van der Waals surface area contributed by atoms with E-state index in [1.54, 1.807) is 0 Å². The van der Waals surface area contributed by atoms with Gasteiger partial charge in [-0.2, -0.15) is 0 Å². The zero-order valence-electron chi connectivity index (χ0n) is 11.6. The van der Waals surface area contributed by atoms with Gasteiger partial charge in [0, 0.05) is 38.8 Å². The SMILES string of the molecule is CCCN1CCN(N(CCC)C(C)C)CC1. The topological polar surface area (TPSA) is 9.72 Å². The zero-order chi connectivity index (χ0) is 12.0. The molecular formula is C13H29N3. The molecule has 1 aliphatic rings. The van der Waals surface area contributed by atoms with Crippen LogP contribution in [0.25, 0.3) is 0 Å². The molecule has 1 heterocycles. The molecule has 0 aromatic rings. The van der Waals surface area contributed by atoms with Crippen molar-refractivity contribution in [3.05, 3.63) is 0 Å². The van der Waals surface area contributed by atoms with Gasteiger partial charge >= 0.3 is 0 Å². The first-order chi connectivity index (χ1) is 7.69. The monoisotopic (exact) mass is 227 g/mol. The molecule has 96 valence electrons. The van der Waals surface area contributed by atoms with Gasteiger partial charge in [-0.05, 0) is 33.2 Å². The maximum Gasteiger partial charge on any atom is 0.0261 e. The third-order valence-electron chi connectivity index (χ3n) is 3.30. The number of hydrazine groups is 1. The lowest BCUT2D eigenvalue weighted by Crippen LogP contribution is -2.55. The van der Waals surface area contributed by atoms with Gasteiger partial charge in [0.2, 0.25) is 0 Å². The fourth-order valence-electron chi connectivity index (χ4n) is 2.49. The van der Waals surface area contributed by atoms with E-state index in [0.717, 1.165) is 0 Å². The van der Waals surface area contributed by atoms with Crippen LogP contribution >= 0.6 is 0 Å². The van der Waals surface area contributed by atoms with E-state index >= 15 is 0 Å². The Kier molecular flexibility index (Phi) is 6.32. The molecule has 16 heavy (non-hydrogen) atoms. The van der Waals surface area contributed by atoms with Crippen molar-refractivity contribution in [3.63, 3.8) is 0 Å². The van der Waals surface area contributed by atoms with E-state index in [2.05, 4.69) is 42.6 Å². The van der Waals surface area contributed by atoms with E-state index in [1.165, 1.54) is 52.1 Å². The molecule has 1 aliphatic heterocycles. The predicted octanol–water partition coefficient (Wildman–Crippen LogP) is 2.05. The molecule has 0 radical (unpaired) electrons. The fourth-order valence-corrected chi connectivity index (χ4v) is 2.49. The Bertz CT molecular complexity index is 174. The normalized spacial score (nSPS) is 19.9. The van der Waals surface area contributed by atoms with Gasteiger partial charge < -0.3 is 4.90 Å². The molecule has 0 N–H and O–H groups in total. The van der Waals surface area contributed by atoms with E-state index < -0.39 is 0 Å². The van der Waals surface area contributed by atoms with Gasteiger partial charge in [0.15, 0.2) is 0 Å². The summed E-state index contributed by atoms with van der Waals surface area (Å²) in [5.74, 6) is 0. The smallest absolute Gasteiger partial charge is 0.0261 e. The first-order valence-electron chi connectivity index (χ1n) is 6.92. The molecule has 0 aliphatic carbocycles. The highest BCUT2D eigenvalue weighted by Gasteiger charge is 2.22. The Morgan fingerprint density at radius 3 is 2.06 bits per heavy atom. The summed E-state index contributed by atoms with van der Waals surface area (Å²) >= 11 is 0. The summed E-state index contributed by atoms with van der Waals surface area (Å²) in [6, 6.07) is 0.637. The predicted molar refractivity (Wildman–Crippen MR) is 70.4 cm³/mol. The molecule has 0 amide bonds. The Morgan fingerprint density at radius 1 is 1.00 bits per heavy atom. The second kappa shape index (κ2) is 7.25. The minimum Gasteiger partial charge on any atom is -0.301 e.